The third kappa shape index (κ3) is 7.87. The molecule has 1 aliphatic heterocycles. The van der Waals surface area contributed by atoms with Crippen molar-refractivity contribution in [2.45, 2.75) is 38.9 Å². The van der Waals surface area contributed by atoms with E-state index in [-0.39, 0.29) is 12.4 Å². The highest BCUT2D eigenvalue weighted by atomic mass is 35.5. The van der Waals surface area contributed by atoms with Crippen LogP contribution in [0.25, 0.3) is 0 Å². The fraction of sp³-hybridized carbons (Fsp3) is 0.923. The largest absolute Gasteiger partial charge is 0.405 e. The molecular formula is C13H25ClF3N3O. The summed E-state index contributed by atoms with van der Waals surface area (Å²) in [5, 5.41) is 5.25. The minimum absolute atomic E-state index is 0. The van der Waals surface area contributed by atoms with Crippen molar-refractivity contribution in [1.82, 2.24) is 15.5 Å². The lowest BCUT2D eigenvalue weighted by atomic mass is 9.95. The zero-order chi connectivity index (χ0) is 15.2. The zero-order valence-electron chi connectivity index (χ0n) is 12.5. The van der Waals surface area contributed by atoms with Crippen molar-refractivity contribution in [2.24, 2.45) is 5.92 Å². The van der Waals surface area contributed by atoms with Crippen LogP contribution in [0.4, 0.5) is 13.2 Å². The van der Waals surface area contributed by atoms with E-state index < -0.39 is 24.7 Å². The van der Waals surface area contributed by atoms with Gasteiger partial charge < -0.3 is 10.6 Å². The van der Waals surface area contributed by atoms with Gasteiger partial charge in [0.05, 0.1) is 6.04 Å². The van der Waals surface area contributed by atoms with Crippen LogP contribution in [0, 0.1) is 5.92 Å². The summed E-state index contributed by atoms with van der Waals surface area (Å²) in [4.78, 5) is 13.6. The standard InChI is InChI=1S/C13H24F3N3O.ClH/c1-3-17-8-11-4-6-19(7-5-11)10(2)12(20)18-9-13(14,15)16;/h10-11,17H,3-9H2,1-2H3,(H,18,20);1H. The maximum Gasteiger partial charge on any atom is 0.405 e. The molecule has 21 heavy (non-hydrogen) atoms. The Labute approximate surface area is 130 Å². The molecule has 0 spiro atoms. The van der Waals surface area contributed by atoms with E-state index in [9.17, 15) is 18.0 Å². The van der Waals surface area contributed by atoms with Crippen LogP contribution in [-0.4, -0.2) is 55.7 Å². The summed E-state index contributed by atoms with van der Waals surface area (Å²) < 4.78 is 36.2. The molecule has 1 amide bonds. The van der Waals surface area contributed by atoms with Gasteiger partial charge in [-0.1, -0.05) is 6.92 Å². The van der Waals surface area contributed by atoms with Gasteiger partial charge in [-0.15, -0.1) is 12.4 Å². The van der Waals surface area contributed by atoms with Crippen LogP contribution >= 0.6 is 12.4 Å². The third-order valence-corrected chi connectivity index (χ3v) is 3.72. The van der Waals surface area contributed by atoms with Crippen LogP contribution in [0.15, 0.2) is 0 Å². The van der Waals surface area contributed by atoms with Gasteiger partial charge in [0.1, 0.15) is 6.54 Å². The monoisotopic (exact) mass is 331 g/mol. The van der Waals surface area contributed by atoms with Crippen LogP contribution < -0.4 is 10.6 Å². The average molecular weight is 332 g/mol. The first-order valence-electron chi connectivity index (χ1n) is 7.12. The van der Waals surface area contributed by atoms with E-state index in [2.05, 4.69) is 12.2 Å². The number of halogens is 4. The van der Waals surface area contributed by atoms with Crippen molar-refractivity contribution in [2.75, 3.05) is 32.7 Å². The summed E-state index contributed by atoms with van der Waals surface area (Å²) in [6, 6.07) is -0.502. The van der Waals surface area contributed by atoms with E-state index in [1.54, 1.807) is 6.92 Å². The normalized spacial score (nSPS) is 18.9. The molecule has 1 atom stereocenters. The SMILES string of the molecule is CCNCC1CCN(C(C)C(=O)NCC(F)(F)F)CC1.Cl. The Morgan fingerprint density at radius 2 is 1.90 bits per heavy atom. The molecule has 0 bridgehead atoms. The Hall–Kier alpha value is -0.530. The van der Waals surface area contributed by atoms with Gasteiger partial charge >= 0.3 is 6.18 Å². The lowest BCUT2D eigenvalue weighted by Crippen LogP contribution is -2.50. The zero-order valence-corrected chi connectivity index (χ0v) is 13.3. The second-order valence-corrected chi connectivity index (χ2v) is 5.30. The molecule has 1 heterocycles. The van der Waals surface area contributed by atoms with Crippen molar-refractivity contribution >= 4 is 18.3 Å². The van der Waals surface area contributed by atoms with Gasteiger partial charge in [0.2, 0.25) is 5.91 Å². The van der Waals surface area contributed by atoms with E-state index >= 15 is 0 Å². The minimum Gasteiger partial charge on any atom is -0.346 e. The predicted octanol–water partition coefficient (Wildman–Crippen LogP) is 1.80. The molecule has 8 heteroatoms. The van der Waals surface area contributed by atoms with Gasteiger partial charge in [-0.25, -0.2) is 0 Å². The molecule has 0 aliphatic carbocycles. The highest BCUT2D eigenvalue weighted by Crippen LogP contribution is 2.18. The van der Waals surface area contributed by atoms with Crippen molar-refractivity contribution in [3.63, 3.8) is 0 Å². The highest BCUT2D eigenvalue weighted by molar-refractivity contribution is 5.85. The summed E-state index contributed by atoms with van der Waals surface area (Å²) in [5.74, 6) is 0.0455. The summed E-state index contributed by atoms with van der Waals surface area (Å²) in [5.41, 5.74) is 0. The maximum absolute atomic E-state index is 12.1. The van der Waals surface area contributed by atoms with Crippen LogP contribution in [0.1, 0.15) is 26.7 Å². The fourth-order valence-corrected chi connectivity index (χ4v) is 2.39. The average Bonchev–Trinajstić information content (AvgIpc) is 2.41. The maximum atomic E-state index is 12.1. The molecule has 126 valence electrons. The second kappa shape index (κ2) is 9.48. The number of amides is 1. The Kier molecular flexibility index (Phi) is 9.24. The molecule has 1 rings (SSSR count). The molecular weight excluding hydrogens is 307 g/mol. The molecule has 2 N–H and O–H groups in total. The van der Waals surface area contributed by atoms with E-state index in [1.165, 1.54) is 0 Å². The second-order valence-electron chi connectivity index (χ2n) is 5.30. The quantitative estimate of drug-likeness (QED) is 0.780. The number of rotatable bonds is 6. The fourth-order valence-electron chi connectivity index (χ4n) is 2.39. The Balaban J connectivity index is 0.00000400. The number of piperidine rings is 1. The Bertz CT molecular complexity index is 308. The first-order chi connectivity index (χ1) is 9.33. The van der Waals surface area contributed by atoms with Crippen molar-refractivity contribution in [1.29, 1.82) is 0 Å². The number of hydrogen-bond donors (Lipinski definition) is 2. The van der Waals surface area contributed by atoms with E-state index in [1.807, 2.05) is 10.2 Å². The molecule has 1 saturated heterocycles. The number of hydrogen-bond acceptors (Lipinski definition) is 3. The molecule has 4 nitrogen and oxygen atoms in total. The van der Waals surface area contributed by atoms with Crippen LogP contribution in [0.3, 0.4) is 0 Å². The molecule has 0 aromatic carbocycles. The van der Waals surface area contributed by atoms with Crippen molar-refractivity contribution < 1.29 is 18.0 Å². The van der Waals surface area contributed by atoms with Gasteiger partial charge in [0, 0.05) is 0 Å². The number of alkyl halides is 3. The van der Waals surface area contributed by atoms with Gasteiger partial charge in [0.25, 0.3) is 0 Å². The smallest absolute Gasteiger partial charge is 0.346 e. The Morgan fingerprint density at radius 3 is 2.38 bits per heavy atom. The molecule has 0 aromatic rings. The van der Waals surface area contributed by atoms with Gasteiger partial charge in [-0.05, 0) is 51.9 Å². The number of nitrogens with zero attached hydrogens (tertiary/aromatic N) is 1. The molecule has 1 aliphatic rings. The van der Waals surface area contributed by atoms with E-state index in [4.69, 9.17) is 0 Å². The van der Waals surface area contributed by atoms with E-state index in [0.29, 0.717) is 5.92 Å². The van der Waals surface area contributed by atoms with Crippen molar-refractivity contribution in [3.8, 4) is 0 Å². The van der Waals surface area contributed by atoms with Gasteiger partial charge in [-0.3, -0.25) is 9.69 Å². The van der Waals surface area contributed by atoms with Gasteiger partial charge in [0.15, 0.2) is 0 Å². The molecule has 0 aromatic heterocycles. The number of likely N-dealkylation sites (tertiary alicyclic amines) is 1. The van der Waals surface area contributed by atoms with Gasteiger partial charge in [-0.2, -0.15) is 13.2 Å². The van der Waals surface area contributed by atoms with Crippen LogP contribution in [-0.2, 0) is 4.79 Å². The summed E-state index contributed by atoms with van der Waals surface area (Å²) in [7, 11) is 0. The van der Waals surface area contributed by atoms with Crippen LogP contribution in [0.2, 0.25) is 0 Å². The third-order valence-electron chi connectivity index (χ3n) is 3.72. The molecule has 0 saturated carbocycles. The highest BCUT2D eigenvalue weighted by Gasteiger charge is 2.31. The predicted molar refractivity (Wildman–Crippen MR) is 78.6 cm³/mol. The minimum atomic E-state index is -4.35. The summed E-state index contributed by atoms with van der Waals surface area (Å²) >= 11 is 0. The Morgan fingerprint density at radius 1 is 1.33 bits per heavy atom. The first kappa shape index (κ1) is 20.5. The van der Waals surface area contributed by atoms with Crippen LogP contribution in [0.5, 0.6) is 0 Å². The molecule has 1 unspecified atom stereocenters. The molecule has 0 radical (unpaired) electrons. The molecule has 1 fully saturated rings. The van der Waals surface area contributed by atoms with E-state index in [0.717, 1.165) is 39.0 Å². The lowest BCUT2D eigenvalue weighted by molar-refractivity contribution is -0.141. The topological polar surface area (TPSA) is 44.4 Å². The number of carbonyl (C=O) groups is 1. The lowest BCUT2D eigenvalue weighted by Gasteiger charge is -2.35. The number of carbonyl (C=O) groups excluding carboxylic acids is 1. The number of nitrogens with one attached hydrogen (secondary N) is 2. The first-order valence-corrected chi connectivity index (χ1v) is 7.12. The summed E-state index contributed by atoms with van der Waals surface area (Å²) in [6.07, 6.45) is -2.40. The van der Waals surface area contributed by atoms with Crippen molar-refractivity contribution in [3.05, 3.63) is 0 Å². The summed E-state index contributed by atoms with van der Waals surface area (Å²) in [6.45, 7) is 5.90.